The van der Waals surface area contributed by atoms with Crippen molar-refractivity contribution in [3.05, 3.63) is 59.7 Å². The Bertz CT molecular complexity index is 731. The minimum Gasteiger partial charge on any atom is -0.493 e. The number of hydrogen-bond donors (Lipinski definition) is 2. The van der Waals surface area contributed by atoms with E-state index in [-0.39, 0.29) is 18.4 Å². The van der Waals surface area contributed by atoms with Gasteiger partial charge in [0.1, 0.15) is 0 Å². The molecule has 1 atom stereocenters. The first kappa shape index (κ1) is 18.3. The summed E-state index contributed by atoms with van der Waals surface area (Å²) in [7, 11) is 1.46. The fraction of sp³-hybridized carbons (Fsp3) is 0.263. The molecule has 0 heterocycles. The summed E-state index contributed by atoms with van der Waals surface area (Å²) in [5.41, 5.74) is 6.67. The van der Waals surface area contributed by atoms with E-state index in [0.29, 0.717) is 23.6 Å². The van der Waals surface area contributed by atoms with Crippen molar-refractivity contribution in [1.29, 1.82) is 0 Å². The molecule has 0 aliphatic rings. The maximum absolute atomic E-state index is 12.3. The van der Waals surface area contributed by atoms with Gasteiger partial charge in [-0.1, -0.05) is 37.3 Å². The third-order valence-corrected chi connectivity index (χ3v) is 3.73. The number of ether oxygens (including phenoxy) is 2. The quantitative estimate of drug-likeness (QED) is 0.768. The summed E-state index contributed by atoms with van der Waals surface area (Å²) in [6, 6.07) is 14.7. The fourth-order valence-corrected chi connectivity index (χ4v) is 2.32. The Morgan fingerprint density at radius 3 is 2.48 bits per heavy atom. The van der Waals surface area contributed by atoms with Gasteiger partial charge in [-0.25, -0.2) is 0 Å². The van der Waals surface area contributed by atoms with E-state index in [2.05, 4.69) is 12.2 Å². The van der Waals surface area contributed by atoms with E-state index in [0.717, 1.165) is 5.56 Å². The highest BCUT2D eigenvalue weighted by atomic mass is 16.5. The standard InChI is InChI=1S/C19H22N2O4/c1-13(14-6-4-3-5-7-14)11-21-19(23)15-8-9-16(17(10-15)24-2)25-12-18(20)22/h3-10,13H,11-12H2,1-2H3,(H2,20,22)(H,21,23)/t13-/m0/s1. The van der Waals surface area contributed by atoms with Gasteiger partial charge in [0.25, 0.3) is 11.8 Å². The normalized spacial score (nSPS) is 11.4. The summed E-state index contributed by atoms with van der Waals surface area (Å²) in [4.78, 5) is 23.2. The zero-order valence-electron chi connectivity index (χ0n) is 14.3. The van der Waals surface area contributed by atoms with E-state index in [1.165, 1.54) is 7.11 Å². The molecule has 2 amide bonds. The first-order valence-corrected chi connectivity index (χ1v) is 7.93. The number of hydrogen-bond acceptors (Lipinski definition) is 4. The van der Waals surface area contributed by atoms with Gasteiger partial charge >= 0.3 is 0 Å². The second-order valence-electron chi connectivity index (χ2n) is 5.64. The van der Waals surface area contributed by atoms with Crippen molar-refractivity contribution >= 4 is 11.8 Å². The van der Waals surface area contributed by atoms with Gasteiger partial charge in [-0.05, 0) is 29.7 Å². The van der Waals surface area contributed by atoms with Gasteiger partial charge in [0.2, 0.25) is 0 Å². The Balaban J connectivity index is 2.00. The Morgan fingerprint density at radius 2 is 1.84 bits per heavy atom. The molecule has 0 fully saturated rings. The molecule has 6 nitrogen and oxygen atoms in total. The van der Waals surface area contributed by atoms with Crippen molar-refractivity contribution in [2.45, 2.75) is 12.8 Å². The zero-order chi connectivity index (χ0) is 18.2. The van der Waals surface area contributed by atoms with Crippen LogP contribution >= 0.6 is 0 Å². The molecule has 2 aromatic carbocycles. The summed E-state index contributed by atoms with van der Waals surface area (Å²) in [5, 5.41) is 2.91. The molecule has 6 heteroatoms. The van der Waals surface area contributed by atoms with Crippen LogP contribution in [-0.2, 0) is 4.79 Å². The summed E-state index contributed by atoms with van der Waals surface area (Å²) in [5.74, 6) is 0.132. The molecule has 0 aliphatic carbocycles. The summed E-state index contributed by atoms with van der Waals surface area (Å²) in [6.45, 7) is 2.32. The van der Waals surface area contributed by atoms with E-state index < -0.39 is 5.91 Å². The molecule has 0 aromatic heterocycles. The maximum Gasteiger partial charge on any atom is 0.255 e. The van der Waals surface area contributed by atoms with Crippen LogP contribution in [0.4, 0.5) is 0 Å². The van der Waals surface area contributed by atoms with Crippen LogP contribution in [0.15, 0.2) is 48.5 Å². The lowest BCUT2D eigenvalue weighted by Crippen LogP contribution is -2.27. The molecule has 132 valence electrons. The molecular formula is C19H22N2O4. The lowest BCUT2D eigenvalue weighted by atomic mass is 10.0. The molecule has 2 aromatic rings. The second kappa shape index (κ2) is 8.73. The highest BCUT2D eigenvalue weighted by molar-refractivity contribution is 5.95. The van der Waals surface area contributed by atoms with Crippen molar-refractivity contribution in [3.63, 3.8) is 0 Å². The summed E-state index contributed by atoms with van der Waals surface area (Å²) >= 11 is 0. The molecule has 2 rings (SSSR count). The van der Waals surface area contributed by atoms with Crippen LogP contribution in [0.25, 0.3) is 0 Å². The predicted molar refractivity (Wildman–Crippen MR) is 94.9 cm³/mol. The van der Waals surface area contributed by atoms with Crippen LogP contribution in [-0.4, -0.2) is 32.1 Å². The van der Waals surface area contributed by atoms with Crippen LogP contribution in [0.5, 0.6) is 11.5 Å². The number of rotatable bonds is 8. The molecule has 0 unspecified atom stereocenters. The Labute approximate surface area is 146 Å². The van der Waals surface area contributed by atoms with Crippen molar-refractivity contribution < 1.29 is 19.1 Å². The van der Waals surface area contributed by atoms with Crippen molar-refractivity contribution in [1.82, 2.24) is 5.32 Å². The smallest absolute Gasteiger partial charge is 0.255 e. The van der Waals surface area contributed by atoms with E-state index in [9.17, 15) is 9.59 Å². The maximum atomic E-state index is 12.3. The van der Waals surface area contributed by atoms with E-state index in [4.69, 9.17) is 15.2 Å². The third-order valence-electron chi connectivity index (χ3n) is 3.73. The number of carbonyl (C=O) groups is 2. The van der Waals surface area contributed by atoms with Gasteiger partial charge in [0.05, 0.1) is 7.11 Å². The average molecular weight is 342 g/mol. The SMILES string of the molecule is COc1cc(C(=O)NC[C@H](C)c2ccccc2)ccc1OCC(N)=O. The molecule has 0 radical (unpaired) electrons. The summed E-state index contributed by atoms with van der Waals surface area (Å²) < 4.78 is 10.5. The number of carbonyl (C=O) groups excluding carboxylic acids is 2. The van der Waals surface area contributed by atoms with Gasteiger partial charge < -0.3 is 20.5 Å². The van der Waals surface area contributed by atoms with E-state index >= 15 is 0 Å². The molecule has 0 saturated heterocycles. The fourth-order valence-electron chi connectivity index (χ4n) is 2.32. The highest BCUT2D eigenvalue weighted by Crippen LogP contribution is 2.28. The van der Waals surface area contributed by atoms with Crippen molar-refractivity contribution in [3.8, 4) is 11.5 Å². The summed E-state index contributed by atoms with van der Waals surface area (Å²) in [6.07, 6.45) is 0. The molecule has 3 N–H and O–H groups in total. The lowest BCUT2D eigenvalue weighted by molar-refractivity contribution is -0.119. The predicted octanol–water partition coefficient (Wildman–Crippen LogP) is 2.09. The molecular weight excluding hydrogens is 320 g/mol. The first-order chi connectivity index (χ1) is 12.0. The van der Waals surface area contributed by atoms with Gasteiger partial charge in [0, 0.05) is 12.1 Å². The number of nitrogens with one attached hydrogen (secondary N) is 1. The first-order valence-electron chi connectivity index (χ1n) is 7.93. The van der Waals surface area contributed by atoms with E-state index in [1.54, 1.807) is 18.2 Å². The minimum atomic E-state index is -0.584. The van der Waals surface area contributed by atoms with Crippen LogP contribution in [0.3, 0.4) is 0 Å². The Kier molecular flexibility index (Phi) is 6.39. The molecule has 0 spiro atoms. The van der Waals surface area contributed by atoms with Crippen molar-refractivity contribution in [2.75, 3.05) is 20.3 Å². The van der Waals surface area contributed by atoms with Crippen LogP contribution < -0.4 is 20.5 Å². The number of methoxy groups -OCH3 is 1. The van der Waals surface area contributed by atoms with E-state index in [1.807, 2.05) is 30.3 Å². The largest absolute Gasteiger partial charge is 0.493 e. The van der Waals surface area contributed by atoms with Gasteiger partial charge in [-0.15, -0.1) is 0 Å². The molecule has 0 bridgehead atoms. The topological polar surface area (TPSA) is 90.7 Å². The van der Waals surface area contributed by atoms with Crippen LogP contribution in [0, 0.1) is 0 Å². The monoisotopic (exact) mass is 342 g/mol. The van der Waals surface area contributed by atoms with Gasteiger partial charge in [-0.2, -0.15) is 0 Å². The van der Waals surface area contributed by atoms with Crippen LogP contribution in [0.1, 0.15) is 28.8 Å². The van der Waals surface area contributed by atoms with Crippen molar-refractivity contribution in [2.24, 2.45) is 5.73 Å². The molecule has 0 aliphatic heterocycles. The second-order valence-corrected chi connectivity index (χ2v) is 5.64. The average Bonchev–Trinajstić information content (AvgIpc) is 2.64. The number of nitrogens with two attached hydrogens (primary N) is 1. The number of primary amides is 1. The lowest BCUT2D eigenvalue weighted by Gasteiger charge is -2.14. The van der Waals surface area contributed by atoms with Crippen LogP contribution in [0.2, 0.25) is 0 Å². The Hall–Kier alpha value is -3.02. The Morgan fingerprint density at radius 1 is 1.12 bits per heavy atom. The minimum absolute atomic E-state index is 0.199. The molecule has 25 heavy (non-hydrogen) atoms. The van der Waals surface area contributed by atoms with Gasteiger partial charge in [-0.3, -0.25) is 9.59 Å². The molecule has 0 saturated carbocycles. The number of benzene rings is 2. The third kappa shape index (κ3) is 5.24. The van der Waals surface area contributed by atoms with Gasteiger partial charge in [0.15, 0.2) is 18.1 Å². The highest BCUT2D eigenvalue weighted by Gasteiger charge is 2.13. The number of amides is 2. The zero-order valence-corrected chi connectivity index (χ0v) is 14.3.